The maximum Gasteiger partial charge on any atom is 0.146 e. The lowest BCUT2D eigenvalue weighted by atomic mass is 10.1. The molecule has 0 aromatic heterocycles. The van der Waals surface area contributed by atoms with E-state index in [-0.39, 0.29) is 5.54 Å². The lowest BCUT2D eigenvalue weighted by Gasteiger charge is -2.20. The molecule has 0 unspecified atom stereocenters. The van der Waals surface area contributed by atoms with Crippen molar-refractivity contribution in [1.82, 2.24) is 5.32 Å². The molecule has 0 aliphatic carbocycles. The Morgan fingerprint density at radius 2 is 1.71 bits per heavy atom. The summed E-state index contributed by atoms with van der Waals surface area (Å²) in [5, 5.41) is 4.09. The summed E-state index contributed by atoms with van der Waals surface area (Å²) in [5.74, 6) is 1.49. The molecule has 0 bridgehead atoms. The average molecular weight is 304 g/mol. The zero-order valence-electron chi connectivity index (χ0n) is 13.0. The van der Waals surface area contributed by atoms with Gasteiger partial charge in [0, 0.05) is 12.1 Å². The molecule has 0 amide bonds. The van der Waals surface area contributed by atoms with E-state index in [1.807, 2.05) is 37.3 Å². The molecule has 21 heavy (non-hydrogen) atoms. The molecule has 0 aliphatic heterocycles. The van der Waals surface area contributed by atoms with Crippen LogP contribution in [0, 0.1) is 6.92 Å². The third kappa shape index (κ3) is 5.07. The van der Waals surface area contributed by atoms with Crippen LogP contribution < -0.4 is 10.1 Å². The van der Waals surface area contributed by atoms with Crippen molar-refractivity contribution in [2.45, 2.75) is 39.8 Å². The van der Waals surface area contributed by atoms with Gasteiger partial charge in [0.1, 0.15) is 11.5 Å². The fraction of sp³-hybridized carbons (Fsp3) is 0.333. The summed E-state index contributed by atoms with van der Waals surface area (Å²) in [6.45, 7) is 9.33. The van der Waals surface area contributed by atoms with Gasteiger partial charge in [0.05, 0.1) is 5.02 Å². The molecule has 2 rings (SSSR count). The zero-order valence-corrected chi connectivity index (χ0v) is 13.8. The molecule has 0 spiro atoms. The quantitative estimate of drug-likeness (QED) is 0.824. The second kappa shape index (κ2) is 6.50. The second-order valence-corrected chi connectivity index (χ2v) is 6.69. The molecule has 0 saturated heterocycles. The van der Waals surface area contributed by atoms with E-state index in [2.05, 4.69) is 38.2 Å². The summed E-state index contributed by atoms with van der Waals surface area (Å²) in [4.78, 5) is 0. The van der Waals surface area contributed by atoms with Crippen molar-refractivity contribution in [1.29, 1.82) is 0 Å². The Morgan fingerprint density at radius 1 is 1.05 bits per heavy atom. The molecular weight excluding hydrogens is 282 g/mol. The van der Waals surface area contributed by atoms with Gasteiger partial charge in [0.15, 0.2) is 0 Å². The third-order valence-corrected chi connectivity index (χ3v) is 3.37. The van der Waals surface area contributed by atoms with Crippen LogP contribution in [-0.4, -0.2) is 5.54 Å². The van der Waals surface area contributed by atoms with E-state index in [1.54, 1.807) is 0 Å². The first-order chi connectivity index (χ1) is 9.83. The van der Waals surface area contributed by atoms with Crippen molar-refractivity contribution in [2.75, 3.05) is 0 Å². The van der Waals surface area contributed by atoms with E-state index < -0.39 is 0 Å². The fourth-order valence-corrected chi connectivity index (χ4v) is 2.01. The average Bonchev–Trinajstić information content (AvgIpc) is 2.41. The minimum atomic E-state index is 0.115. The van der Waals surface area contributed by atoms with Gasteiger partial charge in [0.2, 0.25) is 0 Å². The fourth-order valence-electron chi connectivity index (χ4n) is 1.86. The van der Waals surface area contributed by atoms with Crippen LogP contribution in [0.3, 0.4) is 0 Å². The number of ether oxygens (including phenoxy) is 1. The van der Waals surface area contributed by atoms with E-state index in [0.29, 0.717) is 10.8 Å². The van der Waals surface area contributed by atoms with Gasteiger partial charge >= 0.3 is 0 Å². The van der Waals surface area contributed by atoms with Crippen molar-refractivity contribution in [3.05, 3.63) is 58.6 Å². The number of hydrogen-bond acceptors (Lipinski definition) is 2. The van der Waals surface area contributed by atoms with Crippen LogP contribution in [0.1, 0.15) is 31.9 Å². The monoisotopic (exact) mass is 303 g/mol. The van der Waals surface area contributed by atoms with Gasteiger partial charge in [-0.15, -0.1) is 0 Å². The highest BCUT2D eigenvalue weighted by Gasteiger charge is 2.08. The van der Waals surface area contributed by atoms with E-state index in [9.17, 15) is 0 Å². The molecule has 0 heterocycles. The SMILES string of the molecule is Cc1ccc(Cl)c(Oc2ccc(CNC(C)(C)C)cc2)c1. The Balaban J connectivity index is 2.04. The van der Waals surface area contributed by atoms with Crippen LogP contribution in [0.15, 0.2) is 42.5 Å². The van der Waals surface area contributed by atoms with Crippen molar-refractivity contribution in [3.63, 3.8) is 0 Å². The number of nitrogens with one attached hydrogen (secondary N) is 1. The van der Waals surface area contributed by atoms with Crippen molar-refractivity contribution < 1.29 is 4.74 Å². The number of halogens is 1. The molecule has 1 N–H and O–H groups in total. The number of aryl methyl sites for hydroxylation is 1. The summed E-state index contributed by atoms with van der Waals surface area (Å²) in [7, 11) is 0. The van der Waals surface area contributed by atoms with E-state index in [0.717, 1.165) is 17.9 Å². The lowest BCUT2D eigenvalue weighted by molar-refractivity contribution is 0.424. The van der Waals surface area contributed by atoms with Gasteiger partial charge in [-0.1, -0.05) is 29.8 Å². The molecule has 0 fully saturated rings. The van der Waals surface area contributed by atoms with Gasteiger partial charge in [-0.3, -0.25) is 0 Å². The lowest BCUT2D eigenvalue weighted by Crippen LogP contribution is -2.34. The third-order valence-electron chi connectivity index (χ3n) is 3.06. The number of hydrogen-bond donors (Lipinski definition) is 1. The predicted octanol–water partition coefficient (Wildman–Crippen LogP) is 5.33. The summed E-state index contributed by atoms with van der Waals surface area (Å²) in [6, 6.07) is 13.8. The van der Waals surface area contributed by atoms with E-state index >= 15 is 0 Å². The van der Waals surface area contributed by atoms with Crippen LogP contribution in [0.4, 0.5) is 0 Å². The van der Waals surface area contributed by atoms with Crippen molar-refractivity contribution in [2.24, 2.45) is 0 Å². The highest BCUT2D eigenvalue weighted by Crippen LogP contribution is 2.30. The van der Waals surface area contributed by atoms with Gasteiger partial charge in [-0.05, 0) is 63.1 Å². The van der Waals surface area contributed by atoms with Crippen molar-refractivity contribution >= 4 is 11.6 Å². The van der Waals surface area contributed by atoms with Crippen LogP contribution in [0.5, 0.6) is 11.5 Å². The van der Waals surface area contributed by atoms with Gasteiger partial charge < -0.3 is 10.1 Å². The Kier molecular flexibility index (Phi) is 4.92. The van der Waals surface area contributed by atoms with Gasteiger partial charge in [-0.25, -0.2) is 0 Å². The Bertz CT molecular complexity index is 600. The number of rotatable bonds is 4. The smallest absolute Gasteiger partial charge is 0.146 e. The molecule has 0 aliphatic rings. The summed E-state index contributed by atoms with van der Waals surface area (Å²) < 4.78 is 5.84. The Morgan fingerprint density at radius 3 is 2.33 bits per heavy atom. The van der Waals surface area contributed by atoms with Crippen LogP contribution in [-0.2, 0) is 6.54 Å². The zero-order chi connectivity index (χ0) is 15.5. The highest BCUT2D eigenvalue weighted by molar-refractivity contribution is 6.32. The molecule has 0 atom stereocenters. The molecule has 112 valence electrons. The maximum absolute atomic E-state index is 6.14. The summed E-state index contributed by atoms with van der Waals surface area (Å²) in [5.41, 5.74) is 2.47. The molecule has 3 heteroatoms. The second-order valence-electron chi connectivity index (χ2n) is 6.28. The Labute approximate surface area is 132 Å². The molecule has 0 saturated carbocycles. The van der Waals surface area contributed by atoms with E-state index in [4.69, 9.17) is 16.3 Å². The summed E-state index contributed by atoms with van der Waals surface area (Å²) >= 11 is 6.14. The standard InChI is InChI=1S/C18H22ClNO/c1-13-5-10-16(19)17(11-13)21-15-8-6-14(7-9-15)12-20-18(2,3)4/h5-11,20H,12H2,1-4H3. The highest BCUT2D eigenvalue weighted by atomic mass is 35.5. The maximum atomic E-state index is 6.14. The van der Waals surface area contributed by atoms with Crippen LogP contribution >= 0.6 is 11.6 Å². The van der Waals surface area contributed by atoms with Gasteiger partial charge in [0.25, 0.3) is 0 Å². The molecule has 2 aromatic carbocycles. The largest absolute Gasteiger partial charge is 0.456 e. The predicted molar refractivity (Wildman–Crippen MR) is 89.3 cm³/mol. The molecule has 2 aromatic rings. The van der Waals surface area contributed by atoms with Crippen molar-refractivity contribution in [3.8, 4) is 11.5 Å². The first-order valence-corrected chi connectivity index (χ1v) is 7.49. The minimum Gasteiger partial charge on any atom is -0.456 e. The van der Waals surface area contributed by atoms with Gasteiger partial charge in [-0.2, -0.15) is 0 Å². The first-order valence-electron chi connectivity index (χ1n) is 7.11. The molecule has 0 radical (unpaired) electrons. The molecule has 2 nitrogen and oxygen atoms in total. The van der Waals surface area contributed by atoms with Crippen LogP contribution in [0.25, 0.3) is 0 Å². The number of benzene rings is 2. The topological polar surface area (TPSA) is 21.3 Å². The van der Waals surface area contributed by atoms with Crippen LogP contribution in [0.2, 0.25) is 5.02 Å². The first kappa shape index (κ1) is 15.9. The minimum absolute atomic E-state index is 0.115. The normalized spacial score (nSPS) is 11.5. The Hall–Kier alpha value is -1.51. The van der Waals surface area contributed by atoms with E-state index in [1.165, 1.54) is 5.56 Å². The summed E-state index contributed by atoms with van der Waals surface area (Å²) in [6.07, 6.45) is 0. The molecular formula is C18H22ClNO.